The molecular weight excluding hydrogens is 430 g/mol. The SMILES string of the molecule is CCCCCOc1ccc(/C=C2\SC(=S)N(C(C(=O)OC)c3ccccc3)C2=O)cc1. The fraction of sp³-hybridized carbons (Fsp3) is 0.292. The van der Waals surface area contributed by atoms with Crippen LogP contribution in [0.15, 0.2) is 59.5 Å². The zero-order chi connectivity index (χ0) is 22.2. The van der Waals surface area contributed by atoms with Crippen LogP contribution in [0, 0.1) is 0 Å². The quantitative estimate of drug-likeness (QED) is 0.219. The second kappa shape index (κ2) is 11.1. The number of benzene rings is 2. The molecule has 3 rings (SSSR count). The molecule has 1 aliphatic rings. The first kappa shape index (κ1) is 23.0. The standard InChI is InChI=1S/C24H25NO4S2/c1-3-4-8-15-29-19-13-11-17(12-14-19)16-20-22(26)25(24(30)31-20)21(23(27)28-2)18-9-6-5-7-10-18/h5-7,9-14,16,21H,3-4,8,15H2,1-2H3/b20-16-. The number of ether oxygens (including phenoxy) is 2. The van der Waals surface area contributed by atoms with E-state index in [2.05, 4.69) is 6.92 Å². The van der Waals surface area contributed by atoms with Gasteiger partial charge in [0.15, 0.2) is 6.04 Å². The molecule has 1 aliphatic heterocycles. The second-order valence-electron chi connectivity index (χ2n) is 7.01. The van der Waals surface area contributed by atoms with Crippen LogP contribution in [0.25, 0.3) is 6.08 Å². The van der Waals surface area contributed by atoms with E-state index in [1.54, 1.807) is 18.2 Å². The largest absolute Gasteiger partial charge is 0.494 e. The number of amides is 1. The van der Waals surface area contributed by atoms with Gasteiger partial charge in [0.1, 0.15) is 10.1 Å². The van der Waals surface area contributed by atoms with Crippen LogP contribution >= 0.6 is 24.0 Å². The Morgan fingerprint density at radius 3 is 2.48 bits per heavy atom. The Bertz CT molecular complexity index is 957. The molecule has 1 heterocycles. The number of thioether (sulfide) groups is 1. The van der Waals surface area contributed by atoms with Gasteiger partial charge in [0.05, 0.1) is 18.6 Å². The molecule has 2 aromatic rings. The van der Waals surface area contributed by atoms with Crippen molar-refractivity contribution in [1.29, 1.82) is 0 Å². The Balaban J connectivity index is 1.77. The summed E-state index contributed by atoms with van der Waals surface area (Å²) >= 11 is 6.62. The van der Waals surface area contributed by atoms with Crippen LogP contribution in [0.3, 0.4) is 0 Å². The first-order chi connectivity index (χ1) is 15.0. The molecule has 1 saturated heterocycles. The van der Waals surface area contributed by atoms with E-state index >= 15 is 0 Å². The molecule has 0 spiro atoms. The van der Waals surface area contributed by atoms with Crippen molar-refractivity contribution in [3.8, 4) is 5.75 Å². The van der Waals surface area contributed by atoms with Crippen molar-refractivity contribution in [2.75, 3.05) is 13.7 Å². The number of rotatable bonds is 9. The van der Waals surface area contributed by atoms with Gasteiger partial charge in [-0.15, -0.1) is 0 Å². The van der Waals surface area contributed by atoms with E-state index in [1.165, 1.54) is 23.8 Å². The summed E-state index contributed by atoms with van der Waals surface area (Å²) in [7, 11) is 1.30. The van der Waals surface area contributed by atoms with Gasteiger partial charge in [-0.2, -0.15) is 0 Å². The lowest BCUT2D eigenvalue weighted by Crippen LogP contribution is -2.37. The van der Waals surface area contributed by atoms with Gasteiger partial charge in [0.25, 0.3) is 5.91 Å². The van der Waals surface area contributed by atoms with Gasteiger partial charge in [-0.3, -0.25) is 9.69 Å². The molecule has 1 amide bonds. The molecule has 0 aliphatic carbocycles. The number of unbranched alkanes of at least 4 members (excludes halogenated alkanes) is 2. The third-order valence-electron chi connectivity index (χ3n) is 4.82. The second-order valence-corrected chi connectivity index (χ2v) is 8.69. The summed E-state index contributed by atoms with van der Waals surface area (Å²) in [5, 5.41) is 0. The monoisotopic (exact) mass is 455 g/mol. The van der Waals surface area contributed by atoms with Crippen LogP contribution in [0.1, 0.15) is 43.4 Å². The number of esters is 1. The van der Waals surface area contributed by atoms with Crippen LogP contribution in [0.5, 0.6) is 5.75 Å². The van der Waals surface area contributed by atoms with Crippen LogP contribution in [-0.2, 0) is 14.3 Å². The first-order valence-electron chi connectivity index (χ1n) is 10.2. The molecular formula is C24H25NO4S2. The highest BCUT2D eigenvalue weighted by molar-refractivity contribution is 8.26. The summed E-state index contributed by atoms with van der Waals surface area (Å²) < 4.78 is 11.0. The number of carbonyl (C=O) groups is 2. The average Bonchev–Trinajstić information content (AvgIpc) is 3.06. The molecule has 5 nitrogen and oxygen atoms in total. The van der Waals surface area contributed by atoms with E-state index in [-0.39, 0.29) is 5.91 Å². The number of thiocarbonyl (C=S) groups is 1. The molecule has 7 heteroatoms. The molecule has 1 unspecified atom stereocenters. The predicted octanol–water partition coefficient (Wildman–Crippen LogP) is 5.37. The number of nitrogens with zero attached hydrogens (tertiary/aromatic N) is 1. The molecule has 0 radical (unpaired) electrons. The van der Waals surface area contributed by atoms with E-state index in [0.717, 1.165) is 30.6 Å². The minimum absolute atomic E-state index is 0.311. The van der Waals surface area contributed by atoms with Gasteiger partial charge in [0.2, 0.25) is 0 Å². The molecule has 1 fully saturated rings. The van der Waals surface area contributed by atoms with E-state index in [4.69, 9.17) is 21.7 Å². The third kappa shape index (κ3) is 5.74. The first-order valence-corrected chi connectivity index (χ1v) is 11.4. The highest BCUT2D eigenvalue weighted by atomic mass is 32.2. The lowest BCUT2D eigenvalue weighted by atomic mass is 10.1. The molecule has 0 aromatic heterocycles. The number of methoxy groups -OCH3 is 1. The smallest absolute Gasteiger partial charge is 0.333 e. The van der Waals surface area contributed by atoms with Crippen molar-refractivity contribution in [3.63, 3.8) is 0 Å². The zero-order valence-corrected chi connectivity index (χ0v) is 19.2. The molecule has 0 saturated carbocycles. The van der Waals surface area contributed by atoms with E-state index in [1.807, 2.05) is 42.5 Å². The normalized spacial score (nSPS) is 15.9. The molecule has 31 heavy (non-hydrogen) atoms. The zero-order valence-electron chi connectivity index (χ0n) is 17.6. The molecule has 0 bridgehead atoms. The average molecular weight is 456 g/mol. The van der Waals surface area contributed by atoms with Crippen molar-refractivity contribution >= 4 is 46.3 Å². The highest BCUT2D eigenvalue weighted by Crippen LogP contribution is 2.38. The lowest BCUT2D eigenvalue weighted by Gasteiger charge is -2.24. The maximum atomic E-state index is 13.1. The number of carbonyl (C=O) groups excluding carboxylic acids is 2. The number of hydrogen-bond donors (Lipinski definition) is 0. The van der Waals surface area contributed by atoms with Gasteiger partial charge < -0.3 is 9.47 Å². The molecule has 1 atom stereocenters. The van der Waals surface area contributed by atoms with Gasteiger partial charge in [-0.05, 0) is 35.8 Å². The Labute approximate surface area is 192 Å². The van der Waals surface area contributed by atoms with E-state index in [9.17, 15) is 9.59 Å². The maximum absolute atomic E-state index is 13.1. The summed E-state index contributed by atoms with van der Waals surface area (Å²) in [6.07, 6.45) is 5.11. The van der Waals surface area contributed by atoms with Crippen molar-refractivity contribution in [2.45, 2.75) is 32.2 Å². The summed E-state index contributed by atoms with van der Waals surface area (Å²) in [6, 6.07) is 15.7. The van der Waals surface area contributed by atoms with Crippen LogP contribution in [0.4, 0.5) is 0 Å². The van der Waals surface area contributed by atoms with Crippen LogP contribution in [0.2, 0.25) is 0 Å². The lowest BCUT2D eigenvalue weighted by molar-refractivity contribution is -0.148. The molecule has 2 aromatic carbocycles. The van der Waals surface area contributed by atoms with Crippen molar-refractivity contribution in [2.24, 2.45) is 0 Å². The van der Waals surface area contributed by atoms with Crippen molar-refractivity contribution in [1.82, 2.24) is 4.90 Å². The summed E-state index contributed by atoms with van der Waals surface area (Å²) in [5.74, 6) is -0.0434. The van der Waals surface area contributed by atoms with E-state index < -0.39 is 12.0 Å². The van der Waals surface area contributed by atoms with E-state index in [0.29, 0.717) is 21.4 Å². The van der Waals surface area contributed by atoms with Gasteiger partial charge in [-0.1, -0.05) is 86.2 Å². The topological polar surface area (TPSA) is 55.8 Å². The van der Waals surface area contributed by atoms with Crippen LogP contribution in [-0.4, -0.2) is 34.8 Å². The van der Waals surface area contributed by atoms with Crippen molar-refractivity contribution in [3.05, 3.63) is 70.6 Å². The summed E-state index contributed by atoms with van der Waals surface area (Å²) in [4.78, 5) is 27.4. The van der Waals surface area contributed by atoms with Gasteiger partial charge in [-0.25, -0.2) is 4.79 Å². The number of hydrogen-bond acceptors (Lipinski definition) is 6. The fourth-order valence-electron chi connectivity index (χ4n) is 3.19. The fourth-order valence-corrected chi connectivity index (χ4v) is 4.51. The Hall–Kier alpha value is -2.64. The van der Waals surface area contributed by atoms with Gasteiger partial charge >= 0.3 is 5.97 Å². The summed E-state index contributed by atoms with van der Waals surface area (Å²) in [6.45, 7) is 2.85. The van der Waals surface area contributed by atoms with Crippen LogP contribution < -0.4 is 4.74 Å². The Morgan fingerprint density at radius 2 is 1.84 bits per heavy atom. The Morgan fingerprint density at radius 1 is 1.13 bits per heavy atom. The highest BCUT2D eigenvalue weighted by Gasteiger charge is 2.41. The Kier molecular flexibility index (Phi) is 8.26. The van der Waals surface area contributed by atoms with Gasteiger partial charge in [0, 0.05) is 0 Å². The molecule has 162 valence electrons. The maximum Gasteiger partial charge on any atom is 0.333 e. The minimum atomic E-state index is -0.913. The molecule has 0 N–H and O–H groups in total. The summed E-state index contributed by atoms with van der Waals surface area (Å²) in [5.41, 5.74) is 1.51. The van der Waals surface area contributed by atoms with Crippen molar-refractivity contribution < 1.29 is 19.1 Å². The predicted molar refractivity (Wildman–Crippen MR) is 128 cm³/mol. The third-order valence-corrected chi connectivity index (χ3v) is 6.15. The minimum Gasteiger partial charge on any atom is -0.494 e.